The highest BCUT2D eigenvalue weighted by Crippen LogP contribution is 2.38. The van der Waals surface area contributed by atoms with Crippen LogP contribution in [0.5, 0.6) is 23.0 Å². The maximum Gasteiger partial charge on any atom is 0.265 e. The third-order valence-electron chi connectivity index (χ3n) is 4.40. The van der Waals surface area contributed by atoms with Crippen LogP contribution in [0.15, 0.2) is 35.2 Å². The van der Waals surface area contributed by atoms with Gasteiger partial charge in [-0.15, -0.1) is 0 Å². The Morgan fingerprint density at radius 2 is 1.57 bits per heavy atom. The van der Waals surface area contributed by atoms with Gasteiger partial charge in [-0.1, -0.05) is 0 Å². The Labute approximate surface area is 172 Å². The van der Waals surface area contributed by atoms with E-state index in [1.165, 1.54) is 58.8 Å². The predicted molar refractivity (Wildman–Crippen MR) is 106 cm³/mol. The van der Waals surface area contributed by atoms with Crippen LogP contribution in [0.2, 0.25) is 0 Å². The van der Waals surface area contributed by atoms with Crippen LogP contribution in [0, 0.1) is 0 Å². The molecule has 30 heavy (non-hydrogen) atoms. The van der Waals surface area contributed by atoms with Crippen molar-refractivity contribution in [3.8, 4) is 23.0 Å². The number of aromatic nitrogens is 1. The number of anilines is 1. The van der Waals surface area contributed by atoms with Crippen LogP contribution in [0.25, 0.3) is 10.9 Å². The molecule has 2 aromatic carbocycles. The summed E-state index contributed by atoms with van der Waals surface area (Å²) in [6.45, 7) is 0. The Morgan fingerprint density at radius 3 is 2.13 bits per heavy atom. The maximum atomic E-state index is 13.1. The van der Waals surface area contributed by atoms with E-state index in [1.807, 2.05) is 0 Å². The van der Waals surface area contributed by atoms with Crippen LogP contribution >= 0.6 is 0 Å². The van der Waals surface area contributed by atoms with Crippen molar-refractivity contribution < 1.29 is 37.3 Å². The van der Waals surface area contributed by atoms with Crippen molar-refractivity contribution in [1.29, 1.82) is 0 Å². The highest BCUT2D eigenvalue weighted by atomic mass is 32.2. The second-order valence-electron chi connectivity index (χ2n) is 6.04. The Hall–Kier alpha value is -3.60. The van der Waals surface area contributed by atoms with Gasteiger partial charge in [0.25, 0.3) is 10.0 Å². The lowest BCUT2D eigenvalue weighted by molar-refractivity contribution is -0.255. The van der Waals surface area contributed by atoms with Crippen molar-refractivity contribution in [3.05, 3.63) is 36.0 Å². The van der Waals surface area contributed by atoms with Crippen molar-refractivity contribution in [2.75, 3.05) is 33.2 Å². The predicted octanol–water partition coefficient (Wildman–Crippen LogP) is 1.37. The number of hydrogen-bond acceptors (Lipinski definition) is 8. The molecule has 0 aliphatic rings. The SMILES string of the molecule is COc1ccc(S(=O)(=O)Nc2c(C(=O)[O-])[nH]c3cc(OC)c(OC)cc23)c(OC)c1. The van der Waals surface area contributed by atoms with E-state index in [-0.39, 0.29) is 27.5 Å². The standard InChI is InChI=1S/C19H20N2O8S/c1-26-10-5-6-16(15(7-10)29-4)30(24,25)21-17-11-8-13(27-2)14(28-3)9-12(11)20-18(17)19(22)23/h5-9,20-21H,1-4H3,(H,22,23)/p-1. The van der Waals surface area contributed by atoms with Crippen molar-refractivity contribution >= 4 is 32.6 Å². The van der Waals surface area contributed by atoms with E-state index in [2.05, 4.69) is 9.71 Å². The van der Waals surface area contributed by atoms with E-state index in [1.54, 1.807) is 0 Å². The molecule has 3 aromatic rings. The number of ether oxygens (including phenoxy) is 4. The first-order valence-corrected chi connectivity index (χ1v) is 9.98. The van der Waals surface area contributed by atoms with Crippen LogP contribution in [-0.2, 0) is 10.0 Å². The lowest BCUT2D eigenvalue weighted by Crippen LogP contribution is -2.25. The van der Waals surface area contributed by atoms with Gasteiger partial charge >= 0.3 is 0 Å². The van der Waals surface area contributed by atoms with E-state index >= 15 is 0 Å². The smallest absolute Gasteiger partial charge is 0.265 e. The quantitative estimate of drug-likeness (QED) is 0.541. The number of rotatable bonds is 8. The summed E-state index contributed by atoms with van der Waals surface area (Å²) in [5.41, 5.74) is -0.341. The fourth-order valence-electron chi connectivity index (χ4n) is 2.97. The molecule has 11 heteroatoms. The summed E-state index contributed by atoms with van der Waals surface area (Å²) in [7, 11) is 1.32. The molecule has 1 aromatic heterocycles. The molecule has 0 saturated carbocycles. The molecule has 0 bridgehead atoms. The molecule has 0 amide bonds. The minimum atomic E-state index is -4.25. The average Bonchev–Trinajstić information content (AvgIpc) is 3.08. The van der Waals surface area contributed by atoms with Gasteiger partial charge in [-0.3, -0.25) is 4.72 Å². The molecule has 0 aliphatic heterocycles. The number of aromatic carboxylic acids is 1. The van der Waals surface area contributed by atoms with Gasteiger partial charge in [0.2, 0.25) is 0 Å². The topological polar surface area (TPSA) is 139 Å². The zero-order chi connectivity index (χ0) is 22.1. The number of benzene rings is 2. The van der Waals surface area contributed by atoms with Crippen molar-refractivity contribution in [1.82, 2.24) is 4.98 Å². The first-order chi connectivity index (χ1) is 14.2. The van der Waals surface area contributed by atoms with Crippen molar-refractivity contribution in [2.24, 2.45) is 0 Å². The summed E-state index contributed by atoms with van der Waals surface area (Å²) in [6.07, 6.45) is 0. The number of fused-ring (bicyclic) bond motifs is 1. The number of carboxylic acids is 1. The first kappa shape index (κ1) is 21.1. The van der Waals surface area contributed by atoms with Crippen LogP contribution < -0.4 is 28.8 Å². The van der Waals surface area contributed by atoms with Crippen LogP contribution in [0.4, 0.5) is 5.69 Å². The molecular weight excluding hydrogens is 416 g/mol. The summed E-state index contributed by atoms with van der Waals surface area (Å²) in [4.78, 5) is 14.1. The number of methoxy groups -OCH3 is 4. The van der Waals surface area contributed by atoms with Gasteiger partial charge in [0.15, 0.2) is 11.5 Å². The van der Waals surface area contributed by atoms with E-state index in [0.29, 0.717) is 17.0 Å². The molecule has 0 atom stereocenters. The average molecular weight is 435 g/mol. The molecule has 0 unspecified atom stereocenters. The Balaban J connectivity index is 2.19. The molecule has 1 heterocycles. The van der Waals surface area contributed by atoms with Gasteiger partial charge < -0.3 is 33.8 Å². The molecule has 160 valence electrons. The molecule has 0 radical (unpaired) electrons. The van der Waals surface area contributed by atoms with E-state index in [9.17, 15) is 18.3 Å². The molecule has 10 nitrogen and oxygen atoms in total. The van der Waals surface area contributed by atoms with Crippen LogP contribution in [-0.4, -0.2) is 47.8 Å². The van der Waals surface area contributed by atoms with Gasteiger partial charge in [0.05, 0.1) is 51.3 Å². The number of H-pyrrole nitrogens is 1. The highest BCUT2D eigenvalue weighted by Gasteiger charge is 2.25. The van der Waals surface area contributed by atoms with Gasteiger partial charge in [0, 0.05) is 17.5 Å². The van der Waals surface area contributed by atoms with Gasteiger partial charge in [0.1, 0.15) is 16.4 Å². The number of carboxylic acid groups (broad SMARTS) is 1. The second kappa shape index (κ2) is 8.03. The zero-order valence-corrected chi connectivity index (χ0v) is 17.4. The number of carbonyl (C=O) groups is 1. The summed E-state index contributed by atoms with van der Waals surface area (Å²) in [5, 5.41) is 11.9. The normalized spacial score (nSPS) is 11.2. The van der Waals surface area contributed by atoms with Gasteiger partial charge in [-0.2, -0.15) is 0 Å². The number of carbonyl (C=O) groups excluding carboxylic acids is 1. The molecule has 0 aliphatic carbocycles. The molecule has 0 spiro atoms. The third-order valence-corrected chi connectivity index (χ3v) is 5.79. The minimum absolute atomic E-state index is 0.0240. The molecule has 0 fully saturated rings. The van der Waals surface area contributed by atoms with Crippen molar-refractivity contribution in [3.63, 3.8) is 0 Å². The molecule has 2 N–H and O–H groups in total. The molecule has 0 saturated heterocycles. The molecule has 3 rings (SSSR count). The van der Waals surface area contributed by atoms with Crippen LogP contribution in [0.1, 0.15) is 10.5 Å². The van der Waals surface area contributed by atoms with Crippen molar-refractivity contribution in [2.45, 2.75) is 4.90 Å². The van der Waals surface area contributed by atoms with E-state index in [4.69, 9.17) is 18.9 Å². The summed E-state index contributed by atoms with van der Waals surface area (Å²) in [6, 6.07) is 7.08. The number of aromatic amines is 1. The van der Waals surface area contributed by atoms with E-state index < -0.39 is 21.7 Å². The Bertz CT molecular complexity index is 1220. The summed E-state index contributed by atoms with van der Waals surface area (Å²) in [5.74, 6) is -0.552. The Morgan fingerprint density at radius 1 is 0.933 bits per heavy atom. The largest absolute Gasteiger partial charge is 0.543 e. The lowest BCUT2D eigenvalue weighted by Gasteiger charge is -2.14. The van der Waals surface area contributed by atoms with E-state index in [0.717, 1.165) is 0 Å². The lowest BCUT2D eigenvalue weighted by atomic mass is 10.2. The van der Waals surface area contributed by atoms with Gasteiger partial charge in [-0.25, -0.2) is 8.42 Å². The second-order valence-corrected chi connectivity index (χ2v) is 7.69. The first-order valence-electron chi connectivity index (χ1n) is 8.49. The Kier molecular flexibility index (Phi) is 5.65. The monoisotopic (exact) mass is 435 g/mol. The zero-order valence-electron chi connectivity index (χ0n) is 16.6. The minimum Gasteiger partial charge on any atom is -0.543 e. The third kappa shape index (κ3) is 3.66. The number of sulfonamides is 1. The highest BCUT2D eigenvalue weighted by molar-refractivity contribution is 7.92. The fraction of sp³-hybridized carbons (Fsp3) is 0.211. The maximum absolute atomic E-state index is 13.1. The van der Waals surface area contributed by atoms with Crippen LogP contribution in [0.3, 0.4) is 0 Å². The molecular formula is C19H19N2O8S-. The summed E-state index contributed by atoms with van der Waals surface area (Å²) < 4.78 is 49.1. The summed E-state index contributed by atoms with van der Waals surface area (Å²) >= 11 is 0. The fourth-order valence-corrected chi connectivity index (χ4v) is 4.21. The van der Waals surface area contributed by atoms with Gasteiger partial charge in [-0.05, 0) is 18.2 Å². The number of nitrogens with one attached hydrogen (secondary N) is 2. The number of hydrogen-bond donors (Lipinski definition) is 2.